The van der Waals surface area contributed by atoms with Gasteiger partial charge in [-0.3, -0.25) is 35.5 Å². The molecule has 0 rings (SSSR count). The summed E-state index contributed by atoms with van der Waals surface area (Å²) in [5, 5.41) is 28.3. The van der Waals surface area contributed by atoms with Gasteiger partial charge in [0.1, 0.15) is 24.0 Å². The fourth-order valence-electron chi connectivity index (χ4n) is 3.42. The van der Waals surface area contributed by atoms with E-state index in [4.69, 9.17) is 15.6 Å². The summed E-state index contributed by atoms with van der Waals surface area (Å²) in [6, 6.07) is -2.77. The maximum atomic E-state index is 12.6. The number of nitrogens with one attached hydrogen (secondary N) is 4. The number of amides is 4. The second kappa shape index (κ2) is 18.0. The normalized spacial score (nSPS) is 13.5. The van der Waals surface area contributed by atoms with Crippen LogP contribution < -0.4 is 27.0 Å². The number of likely N-dealkylation sites (N-methyl/N-ethyl adjacent to an activating group) is 1. The second-order valence-corrected chi connectivity index (χ2v) is 10.6. The number of aliphatic carboxylic acids is 2. The molecule has 0 spiro atoms. The van der Waals surface area contributed by atoms with Crippen molar-refractivity contribution in [2.24, 2.45) is 11.7 Å². The first-order chi connectivity index (χ1) is 18.5. The van der Waals surface area contributed by atoms with Crippen molar-refractivity contribution in [2.45, 2.75) is 97.6 Å². The molecular formula is C25H46N6O9. The van der Waals surface area contributed by atoms with Gasteiger partial charge >= 0.3 is 18.0 Å². The molecule has 0 aliphatic rings. The van der Waals surface area contributed by atoms with Gasteiger partial charge in [0.25, 0.3) is 0 Å². The number of unbranched alkanes of at least 4 members (excludes halogenated alkanes) is 2. The zero-order valence-corrected chi connectivity index (χ0v) is 24.2. The van der Waals surface area contributed by atoms with Crippen LogP contribution in [0.2, 0.25) is 0 Å². The minimum atomic E-state index is -1.51. The number of carbonyl (C=O) groups excluding carboxylic acids is 4. The molecule has 230 valence electrons. The number of ether oxygens (including phenoxy) is 1. The Balaban J connectivity index is 4.65. The third kappa shape index (κ3) is 16.5. The van der Waals surface area contributed by atoms with E-state index in [9.17, 15) is 33.9 Å². The smallest absolute Gasteiger partial charge is 0.409 e. The minimum Gasteiger partial charge on any atom is -0.481 e. The molecular weight excluding hydrogens is 528 g/mol. The van der Waals surface area contributed by atoms with Gasteiger partial charge in [0.05, 0.1) is 13.0 Å². The highest BCUT2D eigenvalue weighted by atomic mass is 16.6. The van der Waals surface area contributed by atoms with Crippen molar-refractivity contribution in [1.82, 2.24) is 26.2 Å². The highest BCUT2D eigenvalue weighted by Gasteiger charge is 2.30. The highest BCUT2D eigenvalue weighted by molar-refractivity contribution is 5.94. The maximum Gasteiger partial charge on any atom is 0.409 e. The predicted molar refractivity (Wildman–Crippen MR) is 145 cm³/mol. The van der Waals surface area contributed by atoms with Gasteiger partial charge in [0.15, 0.2) is 0 Å². The molecule has 15 heteroatoms. The molecule has 0 heterocycles. The van der Waals surface area contributed by atoms with E-state index >= 15 is 0 Å². The summed E-state index contributed by atoms with van der Waals surface area (Å²) in [7, 11) is 0. The average molecular weight is 575 g/mol. The third-order valence-electron chi connectivity index (χ3n) is 5.43. The average Bonchev–Trinajstić information content (AvgIpc) is 2.80. The van der Waals surface area contributed by atoms with Crippen molar-refractivity contribution < 1.29 is 43.7 Å². The maximum absolute atomic E-state index is 12.6. The molecule has 0 aromatic rings. The zero-order valence-electron chi connectivity index (χ0n) is 24.2. The Kier molecular flexibility index (Phi) is 16.4. The summed E-state index contributed by atoms with van der Waals surface area (Å²) in [6.07, 6.45) is -0.158. The van der Waals surface area contributed by atoms with Gasteiger partial charge in [-0.1, -0.05) is 20.3 Å². The van der Waals surface area contributed by atoms with Crippen LogP contribution in [0.15, 0.2) is 0 Å². The van der Waals surface area contributed by atoms with E-state index in [0.29, 0.717) is 25.8 Å². The molecule has 15 nitrogen and oxygen atoms in total. The summed E-state index contributed by atoms with van der Waals surface area (Å²) in [6.45, 7) is 10.3. The summed E-state index contributed by atoms with van der Waals surface area (Å²) < 4.78 is 5.11. The van der Waals surface area contributed by atoms with Crippen LogP contribution >= 0.6 is 0 Å². The Morgan fingerprint density at radius 1 is 0.950 bits per heavy atom. The van der Waals surface area contributed by atoms with Gasteiger partial charge in [0, 0.05) is 13.0 Å². The second-order valence-electron chi connectivity index (χ2n) is 10.6. The number of rotatable bonds is 18. The number of alkyl carbamates (subject to hydrolysis) is 1. The van der Waals surface area contributed by atoms with E-state index in [1.165, 1.54) is 4.90 Å². The number of nitrogens with zero attached hydrogens (tertiary/aromatic N) is 1. The first kappa shape index (κ1) is 36.5. The van der Waals surface area contributed by atoms with E-state index in [-0.39, 0.29) is 18.9 Å². The zero-order chi connectivity index (χ0) is 31.0. The molecule has 4 amide bonds. The number of carboxylic acids is 2. The lowest BCUT2D eigenvalue weighted by molar-refractivity contribution is -0.144. The van der Waals surface area contributed by atoms with Crippen molar-refractivity contribution in [1.29, 1.82) is 0 Å². The Labute approximate surface area is 234 Å². The van der Waals surface area contributed by atoms with E-state index in [1.807, 2.05) is 0 Å². The van der Waals surface area contributed by atoms with Crippen molar-refractivity contribution in [3.63, 3.8) is 0 Å². The molecule has 40 heavy (non-hydrogen) atoms. The monoisotopic (exact) mass is 574 g/mol. The van der Waals surface area contributed by atoms with Crippen LogP contribution in [0.25, 0.3) is 0 Å². The molecule has 0 radical (unpaired) electrons. The van der Waals surface area contributed by atoms with E-state index in [2.05, 4.69) is 21.3 Å². The van der Waals surface area contributed by atoms with Gasteiger partial charge in [0.2, 0.25) is 17.7 Å². The number of hydrogen-bond acceptors (Lipinski definition) is 9. The molecule has 0 aliphatic heterocycles. The third-order valence-corrected chi connectivity index (χ3v) is 5.43. The van der Waals surface area contributed by atoms with Crippen molar-refractivity contribution in [3.05, 3.63) is 0 Å². The Hall–Kier alpha value is -3.46. The van der Waals surface area contributed by atoms with Crippen LogP contribution in [0.4, 0.5) is 4.79 Å². The summed E-state index contributed by atoms with van der Waals surface area (Å²) in [5.74, 6) is -5.11. The van der Waals surface area contributed by atoms with E-state index in [1.54, 1.807) is 41.5 Å². The van der Waals surface area contributed by atoms with Crippen LogP contribution in [0.3, 0.4) is 0 Å². The summed E-state index contributed by atoms with van der Waals surface area (Å²) in [4.78, 5) is 73.2. The van der Waals surface area contributed by atoms with Crippen LogP contribution in [0, 0.1) is 5.92 Å². The molecule has 8 N–H and O–H groups in total. The molecule has 0 aromatic carbocycles. The lowest BCUT2D eigenvalue weighted by Gasteiger charge is -2.24. The summed E-state index contributed by atoms with van der Waals surface area (Å²) in [5.41, 5.74) is 5.14. The van der Waals surface area contributed by atoms with Crippen LogP contribution in [-0.2, 0) is 28.7 Å². The molecule has 0 aliphatic carbocycles. The lowest BCUT2D eigenvalue weighted by atomic mass is 10.0. The number of nitrogens with two attached hydrogens (primary N) is 1. The van der Waals surface area contributed by atoms with Crippen molar-refractivity contribution in [3.8, 4) is 0 Å². The molecule has 3 atom stereocenters. The van der Waals surface area contributed by atoms with Crippen molar-refractivity contribution in [2.75, 3.05) is 19.6 Å². The van der Waals surface area contributed by atoms with Crippen LogP contribution in [-0.4, -0.2) is 94.5 Å². The summed E-state index contributed by atoms with van der Waals surface area (Å²) >= 11 is 0. The fraction of sp³-hybridized carbons (Fsp3) is 0.760. The van der Waals surface area contributed by atoms with Gasteiger partial charge in [-0.15, -0.1) is 0 Å². The minimum absolute atomic E-state index is 0.164. The van der Waals surface area contributed by atoms with Crippen molar-refractivity contribution >= 4 is 35.8 Å². The fourth-order valence-corrected chi connectivity index (χ4v) is 3.42. The largest absolute Gasteiger partial charge is 0.481 e. The molecule has 0 saturated heterocycles. The van der Waals surface area contributed by atoms with Gasteiger partial charge in [-0.05, 0) is 53.0 Å². The van der Waals surface area contributed by atoms with Gasteiger partial charge < -0.3 is 30.5 Å². The number of carbonyl (C=O) groups is 6. The Morgan fingerprint density at radius 2 is 1.57 bits per heavy atom. The quantitative estimate of drug-likeness (QED) is 0.0846. The first-order valence-corrected chi connectivity index (χ1v) is 13.3. The van der Waals surface area contributed by atoms with E-state index in [0.717, 1.165) is 0 Å². The first-order valence-electron chi connectivity index (χ1n) is 13.3. The SMILES string of the molecule is CCN(CC(=O)N[C@@H](CC(=O)O)C(=O)N[C@H](C(=O)O)C(C)C)C(=O)CCCCCNC(N)NC(=O)OC(C)(C)C. The molecule has 1 unspecified atom stereocenters. The Morgan fingerprint density at radius 3 is 2.08 bits per heavy atom. The highest BCUT2D eigenvalue weighted by Crippen LogP contribution is 2.07. The van der Waals surface area contributed by atoms with Crippen LogP contribution in [0.1, 0.15) is 73.6 Å². The van der Waals surface area contributed by atoms with Gasteiger partial charge in [-0.2, -0.15) is 0 Å². The molecule has 0 saturated carbocycles. The number of hydrogen-bond donors (Lipinski definition) is 7. The number of carboxylic acid groups (broad SMARTS) is 2. The lowest BCUT2D eigenvalue weighted by Crippen LogP contribution is -2.55. The molecule has 0 aromatic heterocycles. The topological polar surface area (TPSA) is 229 Å². The predicted octanol–water partition coefficient (Wildman–Crippen LogP) is -0.0632. The van der Waals surface area contributed by atoms with E-state index < -0.39 is 72.7 Å². The molecule has 0 fully saturated rings. The molecule has 0 bridgehead atoms. The standard InChI is InChI=1S/C25H46N6O9/c1-7-31(18(33)11-9-8-10-12-27-23(26)30-24(39)40-25(4,5)6)14-17(32)28-16(13-19(34)35)21(36)29-20(15(2)3)22(37)38/h15-16,20,23,27H,7-14,26H2,1-6H3,(H,28,32)(H,29,36)(H,30,39)(H,34,35)(H,37,38)/t16-,20-,23?/m0/s1. The Bertz CT molecular complexity index is 875. The van der Waals surface area contributed by atoms with Crippen LogP contribution in [0.5, 0.6) is 0 Å². The van der Waals surface area contributed by atoms with Gasteiger partial charge in [-0.25, -0.2) is 9.59 Å².